The molecule has 0 aromatic carbocycles. The van der Waals surface area contributed by atoms with Crippen LogP contribution in [0, 0.1) is 5.92 Å². The third kappa shape index (κ3) is 1.90. The molecule has 2 aromatic heterocycles. The molecular formula is C11H16N6. The summed E-state index contributed by atoms with van der Waals surface area (Å²) in [5.74, 6) is 1.97. The second-order valence-corrected chi connectivity index (χ2v) is 4.49. The van der Waals surface area contributed by atoms with Crippen molar-refractivity contribution in [3.8, 4) is 0 Å². The van der Waals surface area contributed by atoms with E-state index in [1.807, 2.05) is 0 Å². The van der Waals surface area contributed by atoms with Crippen LogP contribution >= 0.6 is 0 Å². The fourth-order valence-corrected chi connectivity index (χ4v) is 2.04. The Hall–Kier alpha value is -1.85. The van der Waals surface area contributed by atoms with Crippen molar-refractivity contribution in [2.75, 3.05) is 23.7 Å². The summed E-state index contributed by atoms with van der Waals surface area (Å²) >= 11 is 0. The number of nitrogens with zero attached hydrogens (tertiary/aromatic N) is 4. The molecule has 0 atom stereocenters. The van der Waals surface area contributed by atoms with Gasteiger partial charge in [-0.25, -0.2) is 4.98 Å². The van der Waals surface area contributed by atoms with Gasteiger partial charge in [-0.1, -0.05) is 0 Å². The largest absolute Gasteiger partial charge is 0.368 e. The van der Waals surface area contributed by atoms with E-state index >= 15 is 0 Å². The zero-order chi connectivity index (χ0) is 11.8. The minimum atomic E-state index is 0.286. The third-order valence-electron chi connectivity index (χ3n) is 3.14. The summed E-state index contributed by atoms with van der Waals surface area (Å²) in [4.78, 5) is 17.9. The molecule has 0 aliphatic heterocycles. The number of aromatic nitrogens is 4. The number of imidazole rings is 1. The predicted octanol–water partition coefficient (Wildman–Crippen LogP) is 1.17. The van der Waals surface area contributed by atoms with Gasteiger partial charge in [0.05, 0.1) is 6.33 Å². The van der Waals surface area contributed by atoms with Gasteiger partial charge in [0, 0.05) is 13.1 Å². The maximum absolute atomic E-state index is 5.72. The van der Waals surface area contributed by atoms with Crippen molar-refractivity contribution < 1.29 is 0 Å². The van der Waals surface area contributed by atoms with Crippen molar-refractivity contribution in [1.82, 2.24) is 19.9 Å². The zero-order valence-corrected chi connectivity index (χ0v) is 9.85. The van der Waals surface area contributed by atoms with Crippen molar-refractivity contribution in [2.45, 2.75) is 19.8 Å². The molecule has 6 heteroatoms. The molecule has 0 spiro atoms. The van der Waals surface area contributed by atoms with Gasteiger partial charge in [-0.3, -0.25) is 0 Å². The van der Waals surface area contributed by atoms with Crippen LogP contribution in [0.15, 0.2) is 6.33 Å². The monoisotopic (exact) mass is 232 g/mol. The van der Waals surface area contributed by atoms with E-state index < -0.39 is 0 Å². The minimum Gasteiger partial charge on any atom is -0.368 e. The fourth-order valence-electron chi connectivity index (χ4n) is 2.04. The lowest BCUT2D eigenvalue weighted by atomic mass is 10.3. The van der Waals surface area contributed by atoms with Gasteiger partial charge < -0.3 is 15.6 Å². The Bertz CT molecular complexity index is 530. The molecule has 6 nitrogen and oxygen atoms in total. The number of hydrogen-bond donors (Lipinski definition) is 2. The van der Waals surface area contributed by atoms with Crippen molar-refractivity contribution in [3.05, 3.63) is 6.33 Å². The van der Waals surface area contributed by atoms with E-state index in [0.29, 0.717) is 5.65 Å². The Kier molecular flexibility index (Phi) is 2.35. The van der Waals surface area contributed by atoms with Crippen LogP contribution in [0.2, 0.25) is 0 Å². The molecule has 3 rings (SSSR count). The summed E-state index contributed by atoms with van der Waals surface area (Å²) in [5.41, 5.74) is 7.24. The number of anilines is 2. The van der Waals surface area contributed by atoms with Crippen molar-refractivity contribution in [3.63, 3.8) is 0 Å². The van der Waals surface area contributed by atoms with Crippen LogP contribution in [0.1, 0.15) is 19.8 Å². The first-order valence-corrected chi connectivity index (χ1v) is 5.99. The number of fused-ring (bicyclic) bond motifs is 1. The van der Waals surface area contributed by atoms with Crippen LogP contribution in [0.4, 0.5) is 11.8 Å². The first-order valence-electron chi connectivity index (χ1n) is 5.99. The molecule has 0 radical (unpaired) electrons. The average molecular weight is 232 g/mol. The molecule has 2 aromatic rings. The summed E-state index contributed by atoms with van der Waals surface area (Å²) in [6, 6.07) is 0. The first kappa shape index (κ1) is 10.3. The highest BCUT2D eigenvalue weighted by molar-refractivity contribution is 5.84. The Balaban J connectivity index is 2.03. The highest BCUT2D eigenvalue weighted by Crippen LogP contribution is 2.32. The Morgan fingerprint density at radius 1 is 1.47 bits per heavy atom. The van der Waals surface area contributed by atoms with E-state index in [4.69, 9.17) is 5.73 Å². The Labute approximate surface area is 99.3 Å². The van der Waals surface area contributed by atoms with Gasteiger partial charge >= 0.3 is 0 Å². The van der Waals surface area contributed by atoms with Gasteiger partial charge in [-0.15, -0.1) is 0 Å². The number of rotatable bonds is 4. The van der Waals surface area contributed by atoms with Crippen LogP contribution in [0.3, 0.4) is 0 Å². The van der Waals surface area contributed by atoms with Gasteiger partial charge in [0.2, 0.25) is 5.95 Å². The fraction of sp³-hybridized carbons (Fsp3) is 0.545. The van der Waals surface area contributed by atoms with E-state index in [2.05, 4.69) is 31.8 Å². The lowest BCUT2D eigenvalue weighted by Crippen LogP contribution is -2.26. The van der Waals surface area contributed by atoms with Crippen LogP contribution in [0.25, 0.3) is 11.2 Å². The van der Waals surface area contributed by atoms with Gasteiger partial charge in [0.15, 0.2) is 11.5 Å². The molecule has 17 heavy (non-hydrogen) atoms. The molecule has 0 unspecified atom stereocenters. The Morgan fingerprint density at radius 2 is 2.29 bits per heavy atom. The lowest BCUT2D eigenvalue weighted by Gasteiger charge is -2.22. The number of aromatic amines is 1. The number of nitrogens with one attached hydrogen (secondary N) is 1. The number of H-pyrrole nitrogens is 1. The van der Waals surface area contributed by atoms with E-state index in [1.165, 1.54) is 12.8 Å². The van der Waals surface area contributed by atoms with E-state index in [1.54, 1.807) is 6.33 Å². The highest BCUT2D eigenvalue weighted by atomic mass is 15.2. The molecule has 2 heterocycles. The SMILES string of the molecule is CCN(CC1CC1)c1nc(N)nc2nc[nH]c12. The standard InChI is InChI=1S/C11H16N6/c1-2-17(5-7-3-4-7)10-8-9(14-6-13-8)15-11(12)16-10/h6-7H,2-5H2,1H3,(H3,12,13,14,15,16). The first-order chi connectivity index (χ1) is 8.28. The third-order valence-corrected chi connectivity index (χ3v) is 3.14. The molecule has 3 N–H and O–H groups in total. The minimum absolute atomic E-state index is 0.286. The zero-order valence-electron chi connectivity index (χ0n) is 9.85. The van der Waals surface area contributed by atoms with Crippen LogP contribution in [-0.4, -0.2) is 33.0 Å². The molecule has 90 valence electrons. The molecule has 0 bridgehead atoms. The van der Waals surface area contributed by atoms with E-state index in [9.17, 15) is 0 Å². The van der Waals surface area contributed by atoms with Crippen molar-refractivity contribution in [1.29, 1.82) is 0 Å². The molecule has 1 saturated carbocycles. The van der Waals surface area contributed by atoms with Crippen LogP contribution in [0.5, 0.6) is 0 Å². The van der Waals surface area contributed by atoms with Gasteiger partial charge in [0.1, 0.15) is 5.52 Å². The maximum atomic E-state index is 5.72. The topological polar surface area (TPSA) is 83.7 Å². The molecule has 0 amide bonds. The van der Waals surface area contributed by atoms with Gasteiger partial charge in [-0.05, 0) is 25.7 Å². The second kappa shape index (κ2) is 3.87. The summed E-state index contributed by atoms with van der Waals surface area (Å²) < 4.78 is 0. The maximum Gasteiger partial charge on any atom is 0.224 e. The molecule has 1 aliphatic rings. The van der Waals surface area contributed by atoms with E-state index in [-0.39, 0.29) is 5.95 Å². The molecule has 1 aliphatic carbocycles. The summed E-state index contributed by atoms with van der Waals surface area (Å²) in [5, 5.41) is 0. The number of nitrogen functional groups attached to an aromatic ring is 1. The second-order valence-electron chi connectivity index (χ2n) is 4.49. The van der Waals surface area contributed by atoms with Gasteiger partial charge in [-0.2, -0.15) is 9.97 Å². The van der Waals surface area contributed by atoms with Crippen LogP contribution < -0.4 is 10.6 Å². The van der Waals surface area contributed by atoms with Crippen molar-refractivity contribution in [2.24, 2.45) is 5.92 Å². The van der Waals surface area contributed by atoms with Crippen LogP contribution in [-0.2, 0) is 0 Å². The van der Waals surface area contributed by atoms with E-state index in [0.717, 1.165) is 30.3 Å². The average Bonchev–Trinajstić information content (AvgIpc) is 3.01. The predicted molar refractivity (Wildman–Crippen MR) is 66.7 cm³/mol. The molecule has 1 fully saturated rings. The normalized spacial score (nSPS) is 15.4. The highest BCUT2D eigenvalue weighted by Gasteiger charge is 2.25. The molecule has 0 saturated heterocycles. The summed E-state index contributed by atoms with van der Waals surface area (Å²) in [6.45, 7) is 4.09. The summed E-state index contributed by atoms with van der Waals surface area (Å²) in [7, 11) is 0. The number of hydrogen-bond acceptors (Lipinski definition) is 5. The Morgan fingerprint density at radius 3 is 3.00 bits per heavy atom. The smallest absolute Gasteiger partial charge is 0.224 e. The number of nitrogens with two attached hydrogens (primary N) is 1. The lowest BCUT2D eigenvalue weighted by molar-refractivity contribution is 0.734. The quantitative estimate of drug-likeness (QED) is 0.826. The van der Waals surface area contributed by atoms with Gasteiger partial charge in [0.25, 0.3) is 0 Å². The van der Waals surface area contributed by atoms with Crippen molar-refractivity contribution >= 4 is 22.9 Å². The summed E-state index contributed by atoms with van der Waals surface area (Å²) in [6.07, 6.45) is 4.28. The molecular weight excluding hydrogens is 216 g/mol.